The Kier molecular flexibility index (Phi) is 6.87. The second kappa shape index (κ2) is 7.41. The van der Waals surface area contributed by atoms with Gasteiger partial charge in [-0.1, -0.05) is 7.43 Å². The number of rotatable bonds is 5. The van der Waals surface area contributed by atoms with E-state index in [0.29, 0.717) is 6.61 Å². The van der Waals surface area contributed by atoms with Gasteiger partial charge < -0.3 is 14.3 Å². The molecule has 0 aliphatic rings. The van der Waals surface area contributed by atoms with E-state index in [1.807, 2.05) is 0 Å². The largest absolute Gasteiger partial charge is 0.508 e. The summed E-state index contributed by atoms with van der Waals surface area (Å²) in [5, 5.41) is 9.00. The van der Waals surface area contributed by atoms with Crippen molar-refractivity contribution in [2.24, 2.45) is 0 Å². The predicted molar refractivity (Wildman–Crippen MR) is 60.8 cm³/mol. The zero-order valence-electron chi connectivity index (χ0n) is 7.69. The van der Waals surface area contributed by atoms with E-state index < -0.39 is 0 Å². The van der Waals surface area contributed by atoms with Gasteiger partial charge >= 0.3 is 0 Å². The Morgan fingerprint density at radius 1 is 1.14 bits per heavy atom. The van der Waals surface area contributed by atoms with Gasteiger partial charge in [-0.3, -0.25) is 0 Å². The summed E-state index contributed by atoms with van der Waals surface area (Å²) in [5.74, 6) is 1.04. The van der Waals surface area contributed by atoms with Crippen LogP contribution in [-0.4, -0.2) is 28.8 Å². The maximum Gasteiger partial charge on any atom is 0.145 e. The number of phenols is 1. The molecule has 0 heterocycles. The van der Waals surface area contributed by atoms with Crippen molar-refractivity contribution in [1.82, 2.24) is 0 Å². The Morgan fingerprint density at radius 2 is 1.79 bits per heavy atom. The van der Waals surface area contributed by atoms with Gasteiger partial charge in [-0.2, -0.15) is 0 Å². The summed E-state index contributed by atoms with van der Waals surface area (Å²) in [7, 11) is 0.786. The number of benzene rings is 1. The lowest BCUT2D eigenvalue weighted by molar-refractivity contribution is 0.258. The summed E-state index contributed by atoms with van der Waals surface area (Å²) >= 11 is 0. The number of hydrogen-bond donors (Lipinski definition) is 1. The summed E-state index contributed by atoms with van der Waals surface area (Å²) in [6, 6.07) is 6.71. The number of hydrogen-bond acceptors (Lipinski definition) is 3. The summed E-state index contributed by atoms with van der Waals surface area (Å²) < 4.78 is 10.4. The Morgan fingerprint density at radius 3 is 2.36 bits per heavy atom. The van der Waals surface area contributed by atoms with Gasteiger partial charge in [0.05, 0.1) is 6.61 Å². The lowest BCUT2D eigenvalue weighted by atomic mass is 10.3. The third-order valence-corrected chi connectivity index (χ3v) is 2.01. The first-order chi connectivity index (χ1) is 6.33. The van der Waals surface area contributed by atoms with Gasteiger partial charge in [-0.15, -0.1) is 0 Å². The summed E-state index contributed by atoms with van der Waals surface area (Å²) in [5.41, 5.74) is 0. The zero-order valence-corrected chi connectivity index (χ0v) is 9.69. The second-order valence-corrected chi connectivity index (χ2v) is 3.27. The molecular weight excluding hydrogens is 196 g/mol. The van der Waals surface area contributed by atoms with Gasteiger partial charge in [-0.05, 0) is 24.3 Å². The molecule has 0 fully saturated rings. The van der Waals surface area contributed by atoms with Crippen LogP contribution in [0.2, 0.25) is 0 Å². The van der Waals surface area contributed by atoms with Crippen LogP contribution >= 0.6 is 0 Å². The van der Waals surface area contributed by atoms with Crippen LogP contribution in [0.5, 0.6) is 11.5 Å². The molecule has 1 rings (SSSR count). The average Bonchev–Trinajstić information content (AvgIpc) is 2.15. The van der Waals surface area contributed by atoms with Crippen molar-refractivity contribution >= 4 is 10.5 Å². The van der Waals surface area contributed by atoms with Gasteiger partial charge in [0, 0.05) is 13.0 Å². The van der Waals surface area contributed by atoms with Crippen molar-refractivity contribution in [2.75, 3.05) is 13.2 Å². The van der Waals surface area contributed by atoms with Crippen LogP contribution in [0, 0.1) is 0 Å². The van der Waals surface area contributed by atoms with Gasteiger partial charge in [0.25, 0.3) is 0 Å². The number of ether oxygens (including phenoxy) is 1. The van der Waals surface area contributed by atoms with Crippen LogP contribution in [0.4, 0.5) is 0 Å². The molecule has 0 aliphatic carbocycles. The maximum atomic E-state index is 9.00. The first-order valence-corrected chi connectivity index (χ1v) is 5.05. The minimum Gasteiger partial charge on any atom is -0.508 e. The third kappa shape index (κ3) is 4.89. The van der Waals surface area contributed by atoms with E-state index >= 15 is 0 Å². The molecule has 4 heteroatoms. The van der Waals surface area contributed by atoms with Crippen molar-refractivity contribution in [1.29, 1.82) is 0 Å². The van der Waals surface area contributed by atoms with Gasteiger partial charge in [0.2, 0.25) is 0 Å². The van der Waals surface area contributed by atoms with Gasteiger partial charge in [0.1, 0.15) is 22.0 Å². The summed E-state index contributed by atoms with van der Waals surface area (Å²) in [6.45, 7) is 1.43. The monoisotopic (exact) mass is 214 g/mol. The summed E-state index contributed by atoms with van der Waals surface area (Å²) in [4.78, 5) is 0. The highest BCUT2D eigenvalue weighted by atomic mass is 28.2. The lowest BCUT2D eigenvalue weighted by Gasteiger charge is -2.05. The second-order valence-electron chi connectivity index (χ2n) is 2.69. The molecule has 0 atom stereocenters. The molecule has 0 unspecified atom stereocenters. The van der Waals surface area contributed by atoms with Crippen molar-refractivity contribution in [3.05, 3.63) is 24.3 Å². The third-order valence-electron chi connectivity index (χ3n) is 1.60. The van der Waals surface area contributed by atoms with Crippen LogP contribution in [-0.2, 0) is 4.43 Å². The zero-order chi connectivity index (χ0) is 9.52. The molecule has 1 aromatic carbocycles. The van der Waals surface area contributed by atoms with E-state index in [2.05, 4.69) is 0 Å². The fourth-order valence-corrected chi connectivity index (χ4v) is 1.22. The fourth-order valence-electron chi connectivity index (χ4n) is 0.936. The number of phenolic OH excluding ortho intramolecular Hbond substituents is 1. The summed E-state index contributed by atoms with van der Waals surface area (Å²) in [6.07, 6.45) is 0.907. The molecule has 1 N–H and O–H groups in total. The fraction of sp³-hybridized carbons (Fsp3) is 0.400. The highest BCUT2D eigenvalue weighted by Crippen LogP contribution is 2.15. The van der Waals surface area contributed by atoms with Crippen LogP contribution in [0.15, 0.2) is 24.3 Å². The van der Waals surface area contributed by atoms with Crippen LogP contribution in [0.25, 0.3) is 0 Å². The molecule has 0 bridgehead atoms. The van der Waals surface area contributed by atoms with Gasteiger partial charge in [-0.25, -0.2) is 0 Å². The smallest absolute Gasteiger partial charge is 0.145 e. The first kappa shape index (κ1) is 13.0. The van der Waals surface area contributed by atoms with Crippen LogP contribution < -0.4 is 4.74 Å². The number of aromatic hydroxyl groups is 1. The quantitative estimate of drug-likeness (QED) is 0.589. The average molecular weight is 214 g/mol. The molecule has 1 aromatic rings. The molecule has 3 nitrogen and oxygen atoms in total. The van der Waals surface area contributed by atoms with Crippen LogP contribution in [0.1, 0.15) is 13.8 Å². The Labute approximate surface area is 88.2 Å². The maximum absolute atomic E-state index is 9.00. The molecule has 14 heavy (non-hydrogen) atoms. The van der Waals surface area contributed by atoms with Crippen LogP contribution in [0.3, 0.4) is 0 Å². The topological polar surface area (TPSA) is 38.7 Å². The van der Waals surface area contributed by atoms with E-state index in [4.69, 9.17) is 14.3 Å². The minimum atomic E-state index is 0. The molecular formula is C10H18O3Si. The Bertz CT molecular complexity index is 236. The Hall–Kier alpha value is -1.00. The highest BCUT2D eigenvalue weighted by Gasteiger charge is 1.93. The molecule has 0 amide bonds. The van der Waals surface area contributed by atoms with Gasteiger partial charge in [0.15, 0.2) is 0 Å². The molecule has 0 saturated carbocycles. The van der Waals surface area contributed by atoms with Crippen molar-refractivity contribution in [2.45, 2.75) is 13.8 Å². The van der Waals surface area contributed by atoms with E-state index in [1.165, 1.54) is 0 Å². The highest BCUT2D eigenvalue weighted by molar-refractivity contribution is 5.97. The SMILES string of the molecule is C.Oc1ccc(OCCCO[SiH3])cc1. The standard InChI is InChI=1S/C9H14O3Si.CH4/c10-8-2-4-9(5-3-8)11-6-1-7-12-13;/h2-5,10H,1,6-7H2,13H3;1H4. The molecule has 0 saturated heterocycles. The van der Waals surface area contributed by atoms with Crippen molar-refractivity contribution in [3.63, 3.8) is 0 Å². The van der Waals surface area contributed by atoms with Crippen molar-refractivity contribution in [3.8, 4) is 11.5 Å². The van der Waals surface area contributed by atoms with E-state index in [9.17, 15) is 0 Å². The molecule has 80 valence electrons. The van der Waals surface area contributed by atoms with E-state index in [1.54, 1.807) is 24.3 Å². The predicted octanol–water partition coefficient (Wildman–Crippen LogP) is 1.09. The molecule has 0 aliphatic heterocycles. The van der Waals surface area contributed by atoms with E-state index in [-0.39, 0.29) is 13.2 Å². The molecule has 0 spiro atoms. The minimum absolute atomic E-state index is 0. The normalized spacial score (nSPS) is 9.43. The molecule has 0 aromatic heterocycles. The molecule has 0 radical (unpaired) electrons. The lowest BCUT2D eigenvalue weighted by Crippen LogP contribution is -2.01. The Balaban J connectivity index is 0.00000169. The first-order valence-electron chi connectivity index (χ1n) is 4.23. The van der Waals surface area contributed by atoms with E-state index in [0.717, 1.165) is 29.3 Å². The van der Waals surface area contributed by atoms with Crippen molar-refractivity contribution < 1.29 is 14.3 Å².